The van der Waals surface area contributed by atoms with Crippen LogP contribution in [0.15, 0.2) is 0 Å². The Kier molecular flexibility index (Phi) is 0.971. The van der Waals surface area contributed by atoms with Gasteiger partial charge in [0, 0.05) is 12.5 Å². The van der Waals surface area contributed by atoms with Crippen LogP contribution in [0.1, 0.15) is 6.42 Å². The van der Waals surface area contributed by atoms with Gasteiger partial charge >= 0.3 is 6.18 Å². The summed E-state index contributed by atoms with van der Waals surface area (Å²) in [4.78, 5) is 10.8. The summed E-state index contributed by atoms with van der Waals surface area (Å²) in [6.45, 7) is 0.193. The Balaban J connectivity index is 2.32. The summed E-state index contributed by atoms with van der Waals surface area (Å²) in [5.74, 6) is -1.33. The van der Waals surface area contributed by atoms with E-state index >= 15 is 0 Å². The zero-order valence-electron chi connectivity index (χ0n) is 5.53. The number of hydrogen-bond acceptors (Lipinski definition) is 1. The van der Waals surface area contributed by atoms with Gasteiger partial charge in [-0.25, -0.2) is 0 Å². The number of nitrogens with one attached hydrogen (secondary N) is 1. The second kappa shape index (κ2) is 1.54. The molecular weight excluding hydrogens is 159 g/mol. The maximum Gasteiger partial charge on any atom is 0.403 e. The van der Waals surface area contributed by atoms with Crippen LogP contribution in [0.2, 0.25) is 0 Å². The summed E-state index contributed by atoms with van der Waals surface area (Å²) in [5, 5.41) is 2.21. The third-order valence-electron chi connectivity index (χ3n) is 2.53. The van der Waals surface area contributed by atoms with Gasteiger partial charge in [-0.05, 0) is 6.42 Å². The van der Waals surface area contributed by atoms with Gasteiger partial charge in [0.2, 0.25) is 5.91 Å². The summed E-state index contributed by atoms with van der Waals surface area (Å²) < 4.78 is 36.5. The predicted molar refractivity (Wildman–Crippen MR) is 29.6 cm³/mol. The molecule has 62 valence electrons. The number of carbonyl (C=O) groups excluding carboxylic acids is 1. The highest BCUT2D eigenvalue weighted by Crippen LogP contribution is 2.64. The lowest BCUT2D eigenvalue weighted by molar-refractivity contribution is -0.191. The molecule has 1 N–H and O–H groups in total. The molecule has 2 unspecified atom stereocenters. The number of fused-ring (bicyclic) bond motifs is 1. The van der Waals surface area contributed by atoms with Crippen molar-refractivity contribution in [1.29, 1.82) is 0 Å². The zero-order valence-corrected chi connectivity index (χ0v) is 5.53. The van der Waals surface area contributed by atoms with Crippen molar-refractivity contribution in [3.05, 3.63) is 0 Å². The Morgan fingerprint density at radius 3 is 2.36 bits per heavy atom. The minimum atomic E-state index is -4.35. The van der Waals surface area contributed by atoms with E-state index in [0.29, 0.717) is 0 Å². The number of alkyl halides is 3. The predicted octanol–water partition coefficient (Wildman–Crippen LogP) is 0.685. The summed E-state index contributed by atoms with van der Waals surface area (Å²) in [6, 6.07) is 0. The van der Waals surface area contributed by atoms with E-state index in [4.69, 9.17) is 0 Å². The molecule has 11 heavy (non-hydrogen) atoms. The van der Waals surface area contributed by atoms with Crippen molar-refractivity contribution in [2.75, 3.05) is 6.54 Å². The monoisotopic (exact) mass is 165 g/mol. The van der Waals surface area contributed by atoms with E-state index in [-0.39, 0.29) is 13.0 Å². The fourth-order valence-corrected chi connectivity index (χ4v) is 1.70. The van der Waals surface area contributed by atoms with Crippen molar-refractivity contribution in [1.82, 2.24) is 5.32 Å². The smallest absolute Gasteiger partial charge is 0.355 e. The molecule has 1 saturated carbocycles. The average molecular weight is 165 g/mol. The van der Waals surface area contributed by atoms with Crippen LogP contribution in [0.5, 0.6) is 0 Å². The van der Waals surface area contributed by atoms with E-state index in [0.717, 1.165) is 0 Å². The highest BCUT2D eigenvalue weighted by Gasteiger charge is 2.77. The molecule has 2 nitrogen and oxygen atoms in total. The minimum absolute atomic E-state index is 0.0116. The quantitative estimate of drug-likeness (QED) is 0.562. The average Bonchev–Trinajstić information content (AvgIpc) is 2.50. The first-order valence-corrected chi connectivity index (χ1v) is 3.33. The van der Waals surface area contributed by atoms with E-state index in [1.807, 2.05) is 0 Å². The van der Waals surface area contributed by atoms with Crippen LogP contribution in [0, 0.1) is 11.3 Å². The number of halogens is 3. The molecule has 2 rings (SSSR count). The van der Waals surface area contributed by atoms with Crippen molar-refractivity contribution >= 4 is 5.91 Å². The first-order chi connectivity index (χ1) is 4.98. The van der Waals surface area contributed by atoms with Crippen LogP contribution in [-0.2, 0) is 4.79 Å². The Morgan fingerprint density at radius 2 is 2.18 bits per heavy atom. The van der Waals surface area contributed by atoms with E-state index < -0.39 is 23.4 Å². The van der Waals surface area contributed by atoms with Crippen LogP contribution in [0.3, 0.4) is 0 Å². The van der Waals surface area contributed by atoms with Gasteiger partial charge in [0.1, 0.15) is 5.41 Å². The van der Waals surface area contributed by atoms with Crippen molar-refractivity contribution in [2.24, 2.45) is 11.3 Å². The second-order valence-corrected chi connectivity index (χ2v) is 3.08. The van der Waals surface area contributed by atoms with Gasteiger partial charge in [0.15, 0.2) is 0 Å². The molecule has 1 aliphatic heterocycles. The normalized spacial score (nSPS) is 41.7. The maximum atomic E-state index is 12.2. The second-order valence-electron chi connectivity index (χ2n) is 3.08. The van der Waals surface area contributed by atoms with Crippen LogP contribution >= 0.6 is 0 Å². The number of rotatable bonds is 0. The van der Waals surface area contributed by atoms with Gasteiger partial charge < -0.3 is 5.32 Å². The van der Waals surface area contributed by atoms with Gasteiger partial charge in [-0.1, -0.05) is 0 Å². The molecule has 0 aromatic heterocycles. The third kappa shape index (κ3) is 0.611. The van der Waals surface area contributed by atoms with Crippen LogP contribution < -0.4 is 5.32 Å². The van der Waals surface area contributed by atoms with E-state index in [1.54, 1.807) is 0 Å². The molecule has 0 spiro atoms. The molecule has 0 aromatic rings. The van der Waals surface area contributed by atoms with E-state index in [2.05, 4.69) is 5.32 Å². The molecule has 1 heterocycles. The van der Waals surface area contributed by atoms with Crippen LogP contribution in [-0.4, -0.2) is 18.6 Å². The summed E-state index contributed by atoms with van der Waals surface area (Å²) >= 11 is 0. The van der Waals surface area contributed by atoms with E-state index in [1.165, 1.54) is 0 Å². The highest BCUT2D eigenvalue weighted by atomic mass is 19.4. The number of hydrogen-bond donors (Lipinski definition) is 1. The van der Waals surface area contributed by atoms with Crippen LogP contribution in [0.4, 0.5) is 13.2 Å². The van der Waals surface area contributed by atoms with Gasteiger partial charge in [-0.15, -0.1) is 0 Å². The lowest BCUT2D eigenvalue weighted by Crippen LogP contribution is -2.36. The molecule has 0 aromatic carbocycles. The summed E-state index contributed by atoms with van der Waals surface area (Å²) in [5.41, 5.74) is -1.99. The number of piperidine rings is 1. The topological polar surface area (TPSA) is 29.1 Å². The Bertz CT molecular complexity index is 224. The standard InChI is InChI=1S/C6H6F3NO/c7-6(8,9)5-1-3(5)2-10-4(5)11/h3H,1-2H2,(H,10,11). The molecule has 0 bridgehead atoms. The molecule has 0 radical (unpaired) electrons. The Hall–Kier alpha value is -0.740. The van der Waals surface area contributed by atoms with Crippen molar-refractivity contribution in [2.45, 2.75) is 12.6 Å². The van der Waals surface area contributed by atoms with Crippen LogP contribution in [0.25, 0.3) is 0 Å². The first kappa shape index (κ1) is 6.94. The molecule has 1 aliphatic carbocycles. The Labute approximate surface area is 60.8 Å². The molecule has 1 amide bonds. The van der Waals surface area contributed by atoms with Crippen molar-refractivity contribution in [3.63, 3.8) is 0 Å². The van der Waals surface area contributed by atoms with Gasteiger partial charge in [0.05, 0.1) is 0 Å². The Morgan fingerprint density at radius 1 is 1.55 bits per heavy atom. The largest absolute Gasteiger partial charge is 0.403 e. The number of amides is 1. The molecule has 1 saturated heterocycles. The molecular formula is C6H6F3NO. The summed E-state index contributed by atoms with van der Waals surface area (Å²) in [6.07, 6.45) is -4.36. The van der Waals surface area contributed by atoms with Crippen molar-refractivity contribution in [3.8, 4) is 0 Å². The van der Waals surface area contributed by atoms with Crippen molar-refractivity contribution < 1.29 is 18.0 Å². The minimum Gasteiger partial charge on any atom is -0.355 e. The lowest BCUT2D eigenvalue weighted by atomic mass is 10.1. The van der Waals surface area contributed by atoms with Gasteiger partial charge in [0.25, 0.3) is 0 Å². The maximum absolute atomic E-state index is 12.2. The third-order valence-corrected chi connectivity index (χ3v) is 2.53. The SMILES string of the molecule is O=C1NCC2CC12C(F)(F)F. The van der Waals surface area contributed by atoms with Gasteiger partial charge in [-0.2, -0.15) is 13.2 Å². The highest BCUT2D eigenvalue weighted by molar-refractivity contribution is 5.89. The zero-order chi connectivity index (χ0) is 8.28. The molecule has 2 fully saturated rings. The molecule has 2 aliphatic rings. The fraction of sp³-hybridized carbons (Fsp3) is 0.833. The number of carbonyl (C=O) groups is 1. The lowest BCUT2D eigenvalue weighted by Gasteiger charge is -2.13. The molecule has 5 heteroatoms. The summed E-state index contributed by atoms with van der Waals surface area (Å²) in [7, 11) is 0. The first-order valence-electron chi connectivity index (χ1n) is 3.33. The fourth-order valence-electron chi connectivity index (χ4n) is 1.70. The molecule has 2 atom stereocenters. The van der Waals surface area contributed by atoms with E-state index in [9.17, 15) is 18.0 Å². The van der Waals surface area contributed by atoms with Gasteiger partial charge in [-0.3, -0.25) is 4.79 Å².